The molecule has 31 heavy (non-hydrogen) atoms. The summed E-state index contributed by atoms with van der Waals surface area (Å²) in [5.41, 5.74) is 1.41. The Morgan fingerprint density at radius 2 is 1.97 bits per heavy atom. The van der Waals surface area contributed by atoms with Crippen LogP contribution in [0.4, 0.5) is 0 Å². The summed E-state index contributed by atoms with van der Waals surface area (Å²) in [4.78, 5) is 19.2. The van der Waals surface area contributed by atoms with Crippen molar-refractivity contribution in [2.75, 3.05) is 0 Å². The maximum Gasteiger partial charge on any atom is 0.286 e. The summed E-state index contributed by atoms with van der Waals surface area (Å²) in [6.45, 7) is 0. The Morgan fingerprint density at radius 3 is 2.77 bits per heavy atom. The molecular weight excluding hydrogens is 485 g/mol. The number of aromatic nitrogens is 2. The average molecular weight is 499 g/mol. The van der Waals surface area contributed by atoms with Gasteiger partial charge in [0.25, 0.3) is 4.52 Å². The minimum Gasteiger partial charge on any atom is -0.454 e. The molecule has 0 aliphatic heterocycles. The van der Waals surface area contributed by atoms with E-state index >= 15 is 0 Å². The van der Waals surface area contributed by atoms with Gasteiger partial charge in [-0.05, 0) is 24.1 Å². The van der Waals surface area contributed by atoms with Gasteiger partial charge in [0.05, 0.1) is 15.9 Å². The van der Waals surface area contributed by atoms with Crippen molar-refractivity contribution < 1.29 is 14.8 Å². The van der Waals surface area contributed by atoms with Crippen molar-refractivity contribution >= 4 is 56.2 Å². The molecular formula is C20H14Cl3N3O4S. The molecule has 2 heterocycles. The van der Waals surface area contributed by atoms with Gasteiger partial charge in [-0.15, -0.1) is 11.3 Å². The lowest BCUT2D eigenvalue weighted by Gasteiger charge is -2.23. The predicted molar refractivity (Wildman–Crippen MR) is 120 cm³/mol. The quantitative estimate of drug-likeness (QED) is 0.174. The molecule has 4 aromatic rings. The fourth-order valence-electron chi connectivity index (χ4n) is 3.14. The van der Waals surface area contributed by atoms with Gasteiger partial charge in [0, 0.05) is 22.8 Å². The molecule has 2 aromatic carbocycles. The Hall–Kier alpha value is -2.52. The van der Waals surface area contributed by atoms with Crippen LogP contribution in [0.25, 0.3) is 10.1 Å². The van der Waals surface area contributed by atoms with Crippen molar-refractivity contribution in [2.24, 2.45) is 0 Å². The maximum atomic E-state index is 10.6. The van der Waals surface area contributed by atoms with Crippen LogP contribution >= 0.6 is 46.1 Å². The van der Waals surface area contributed by atoms with Crippen molar-refractivity contribution in [1.82, 2.24) is 9.71 Å². The molecule has 0 amide bonds. The van der Waals surface area contributed by atoms with Gasteiger partial charge in [0.15, 0.2) is 5.09 Å². The molecule has 0 atom stereocenters. The lowest BCUT2D eigenvalue weighted by molar-refractivity contribution is -0.749. The van der Waals surface area contributed by atoms with Crippen LogP contribution in [-0.4, -0.2) is 14.8 Å². The van der Waals surface area contributed by atoms with Crippen LogP contribution < -0.4 is 9.68 Å². The Labute approximate surface area is 195 Å². The number of para-hydroxylation sites is 1. The Morgan fingerprint density at radius 1 is 1.16 bits per heavy atom. The molecule has 0 unspecified atom stereocenters. The molecule has 0 fully saturated rings. The molecule has 7 nitrogen and oxygen atoms in total. The number of alkyl halides is 2. The highest BCUT2D eigenvalue weighted by molar-refractivity contribution is 7.18. The van der Waals surface area contributed by atoms with Crippen molar-refractivity contribution in [2.45, 2.75) is 17.4 Å². The number of imidazole rings is 1. The number of aryl methyl sites for hydroxylation is 2. The molecule has 4 rings (SSSR count). The number of thiophene rings is 1. The van der Waals surface area contributed by atoms with Crippen molar-refractivity contribution in [3.8, 4) is 5.75 Å². The summed E-state index contributed by atoms with van der Waals surface area (Å²) in [7, 11) is 0. The van der Waals surface area contributed by atoms with Gasteiger partial charge in [0.2, 0.25) is 5.82 Å². The number of hydrogen-bond donors (Lipinski definition) is 0. The van der Waals surface area contributed by atoms with E-state index < -0.39 is 9.61 Å². The van der Waals surface area contributed by atoms with Gasteiger partial charge in [-0.3, -0.25) is 0 Å². The molecule has 0 N–H and O–H groups in total. The number of nitrogens with zero attached hydrogens (tertiary/aromatic N) is 3. The van der Waals surface area contributed by atoms with E-state index in [1.807, 2.05) is 35.7 Å². The standard InChI is InChI=1S/C20H14Cl3N3O4S/c21-16-6-3-5-14-15(12-31-19(14)16)20(22,23)29-17-7-2-1-4-13(17)8-9-18-24-10-11-25(18)30-26(27)28/h1-7,10-12H,8-9H2. The zero-order chi connectivity index (χ0) is 22.0. The van der Waals surface area contributed by atoms with E-state index in [-0.39, 0.29) is 0 Å². The largest absolute Gasteiger partial charge is 0.454 e. The van der Waals surface area contributed by atoms with E-state index in [1.54, 1.807) is 12.1 Å². The van der Waals surface area contributed by atoms with Gasteiger partial charge < -0.3 is 4.74 Å². The van der Waals surface area contributed by atoms with Crippen LogP contribution in [0.5, 0.6) is 5.75 Å². The van der Waals surface area contributed by atoms with Crippen LogP contribution in [0.2, 0.25) is 5.02 Å². The summed E-state index contributed by atoms with van der Waals surface area (Å²) >= 11 is 20.9. The first kappa shape index (κ1) is 21.7. The number of fused-ring (bicyclic) bond motifs is 1. The fraction of sp³-hybridized carbons (Fsp3) is 0.150. The van der Waals surface area contributed by atoms with Crippen molar-refractivity contribution in [3.05, 3.63) is 92.3 Å². The van der Waals surface area contributed by atoms with Crippen LogP contribution in [0.1, 0.15) is 17.0 Å². The highest BCUT2D eigenvalue weighted by atomic mass is 35.5. The molecule has 0 bridgehead atoms. The minimum absolute atomic E-state index is 0.371. The van der Waals surface area contributed by atoms with Gasteiger partial charge in [-0.2, -0.15) is 4.94 Å². The minimum atomic E-state index is -1.65. The van der Waals surface area contributed by atoms with E-state index in [9.17, 15) is 10.1 Å². The summed E-state index contributed by atoms with van der Waals surface area (Å²) in [6.07, 6.45) is 3.64. The zero-order valence-electron chi connectivity index (χ0n) is 15.7. The smallest absolute Gasteiger partial charge is 0.286 e. The van der Waals surface area contributed by atoms with Crippen molar-refractivity contribution in [1.29, 1.82) is 0 Å². The lowest BCUT2D eigenvalue weighted by atomic mass is 10.1. The Kier molecular flexibility index (Phi) is 6.24. The van der Waals surface area contributed by atoms with Crippen LogP contribution in [0.15, 0.2) is 60.2 Å². The Bertz CT molecular complexity index is 1240. The molecule has 2 aromatic heterocycles. The third kappa shape index (κ3) is 4.72. The summed E-state index contributed by atoms with van der Waals surface area (Å²) in [6, 6.07) is 12.8. The molecule has 0 aliphatic rings. The molecule has 0 radical (unpaired) electrons. The number of hydrogen-bond acceptors (Lipinski definition) is 6. The molecule has 0 saturated carbocycles. The van der Waals surface area contributed by atoms with Crippen LogP contribution in [0.3, 0.4) is 0 Å². The Balaban J connectivity index is 1.56. The first-order valence-electron chi connectivity index (χ1n) is 9.01. The second-order valence-corrected chi connectivity index (χ2v) is 9.01. The molecule has 0 spiro atoms. The molecule has 11 heteroatoms. The van der Waals surface area contributed by atoms with Crippen LogP contribution in [0, 0.1) is 10.1 Å². The summed E-state index contributed by atoms with van der Waals surface area (Å²) < 4.78 is 6.26. The highest BCUT2D eigenvalue weighted by Gasteiger charge is 2.33. The number of ether oxygens (including phenoxy) is 1. The fourth-order valence-corrected chi connectivity index (χ4v) is 5.07. The number of halogens is 3. The van der Waals surface area contributed by atoms with E-state index in [0.29, 0.717) is 35.0 Å². The third-order valence-electron chi connectivity index (χ3n) is 4.53. The van der Waals surface area contributed by atoms with E-state index in [4.69, 9.17) is 39.5 Å². The summed E-state index contributed by atoms with van der Waals surface area (Å²) in [5.74, 6) is 0.884. The highest BCUT2D eigenvalue weighted by Crippen LogP contribution is 2.44. The molecule has 0 aliphatic carbocycles. The predicted octanol–water partition coefficient (Wildman–Crippen LogP) is 5.82. The van der Waals surface area contributed by atoms with Gasteiger partial charge in [0.1, 0.15) is 11.9 Å². The summed E-state index contributed by atoms with van der Waals surface area (Å²) in [5, 5.41) is 13.0. The number of benzene rings is 2. The lowest BCUT2D eigenvalue weighted by Crippen LogP contribution is -2.21. The SMILES string of the molecule is O=[N+]([O-])On1ccnc1CCc1ccccc1OC(Cl)(Cl)c1csc2c(Cl)cccc12. The third-order valence-corrected chi connectivity index (χ3v) is 6.55. The van der Waals surface area contributed by atoms with Gasteiger partial charge in [-0.25, -0.2) is 15.1 Å². The second-order valence-electron chi connectivity index (χ2n) is 6.47. The normalized spacial score (nSPS) is 11.6. The van der Waals surface area contributed by atoms with Crippen LogP contribution in [-0.2, 0) is 17.4 Å². The average Bonchev–Trinajstić information content (AvgIpc) is 3.34. The second kappa shape index (κ2) is 8.92. The first-order chi connectivity index (χ1) is 14.8. The van der Waals surface area contributed by atoms with E-state index in [0.717, 1.165) is 20.4 Å². The van der Waals surface area contributed by atoms with E-state index in [1.165, 1.54) is 23.7 Å². The molecule has 0 saturated heterocycles. The van der Waals surface area contributed by atoms with Gasteiger partial charge in [-0.1, -0.05) is 69.9 Å². The van der Waals surface area contributed by atoms with E-state index in [2.05, 4.69) is 9.92 Å². The van der Waals surface area contributed by atoms with Crippen molar-refractivity contribution in [3.63, 3.8) is 0 Å². The topological polar surface area (TPSA) is 79.4 Å². The molecule has 160 valence electrons. The number of rotatable bonds is 8. The first-order valence-corrected chi connectivity index (χ1v) is 11.0. The maximum absolute atomic E-state index is 10.6. The van der Waals surface area contributed by atoms with Gasteiger partial charge >= 0.3 is 0 Å². The monoisotopic (exact) mass is 497 g/mol. The zero-order valence-corrected chi connectivity index (χ0v) is 18.8.